The molecule has 3 rings (SSSR count). The molecule has 0 atom stereocenters. The first kappa shape index (κ1) is 12.4. The van der Waals surface area contributed by atoms with Gasteiger partial charge in [-0.05, 0) is 24.3 Å². The number of fused-ring (bicyclic) bond motifs is 1. The summed E-state index contributed by atoms with van der Waals surface area (Å²) in [5.74, 6) is 0.239. The Kier molecular flexibility index (Phi) is 2.77. The van der Waals surface area contributed by atoms with Gasteiger partial charge in [0, 0.05) is 5.56 Å². The minimum Gasteiger partial charge on any atom is -0.338 e. The molecular formula is C14H9N3O2S. The van der Waals surface area contributed by atoms with Gasteiger partial charge in [-0.1, -0.05) is 24.3 Å². The molecule has 0 radical (unpaired) electrons. The molecule has 5 nitrogen and oxygen atoms in total. The Labute approximate surface area is 116 Å². The lowest BCUT2D eigenvalue weighted by Crippen LogP contribution is -2.12. The number of nitrogens with zero attached hydrogens (tertiary/aromatic N) is 2. The molecule has 6 heteroatoms. The zero-order chi connectivity index (χ0) is 14.2. The van der Waals surface area contributed by atoms with E-state index < -0.39 is 10.0 Å². The van der Waals surface area contributed by atoms with Crippen LogP contribution in [-0.2, 0) is 10.0 Å². The van der Waals surface area contributed by atoms with Crippen LogP contribution < -0.4 is 5.32 Å². The predicted octanol–water partition coefficient (Wildman–Crippen LogP) is 2.12. The maximum Gasteiger partial charge on any atom is 0.285 e. The van der Waals surface area contributed by atoms with E-state index in [-0.39, 0.29) is 10.7 Å². The van der Waals surface area contributed by atoms with E-state index in [1.54, 1.807) is 42.5 Å². The molecule has 1 aliphatic rings. The third kappa shape index (κ3) is 1.94. The molecule has 0 bridgehead atoms. The van der Waals surface area contributed by atoms with Crippen molar-refractivity contribution in [1.29, 1.82) is 5.26 Å². The van der Waals surface area contributed by atoms with Gasteiger partial charge < -0.3 is 5.32 Å². The predicted molar refractivity (Wildman–Crippen MR) is 74.9 cm³/mol. The van der Waals surface area contributed by atoms with E-state index in [4.69, 9.17) is 5.26 Å². The van der Waals surface area contributed by atoms with Gasteiger partial charge in [-0.3, -0.25) is 0 Å². The summed E-state index contributed by atoms with van der Waals surface area (Å²) < 4.78 is 27.6. The highest BCUT2D eigenvalue weighted by atomic mass is 32.2. The van der Waals surface area contributed by atoms with Crippen molar-refractivity contribution >= 4 is 21.5 Å². The molecule has 2 aromatic carbocycles. The van der Waals surface area contributed by atoms with Crippen molar-refractivity contribution in [2.45, 2.75) is 4.90 Å². The summed E-state index contributed by atoms with van der Waals surface area (Å²) >= 11 is 0. The number of anilines is 1. The fraction of sp³-hybridized carbons (Fsp3) is 0. The number of benzene rings is 2. The van der Waals surface area contributed by atoms with Crippen molar-refractivity contribution in [2.24, 2.45) is 4.40 Å². The molecule has 0 fully saturated rings. The Hall–Kier alpha value is -2.65. The van der Waals surface area contributed by atoms with Crippen LogP contribution in [0.15, 0.2) is 57.8 Å². The van der Waals surface area contributed by atoms with Crippen molar-refractivity contribution in [1.82, 2.24) is 0 Å². The SMILES string of the molecule is N#Cc1ccccc1NC1=NS(=O)(=O)c2ccccc21. The number of nitrogens with one attached hydrogen (secondary N) is 1. The Balaban J connectivity index is 2.08. The first-order valence-electron chi connectivity index (χ1n) is 5.82. The van der Waals surface area contributed by atoms with E-state index in [2.05, 4.69) is 9.71 Å². The highest BCUT2D eigenvalue weighted by Crippen LogP contribution is 2.27. The standard InChI is InChI=1S/C14H9N3O2S/c15-9-10-5-1-3-7-12(10)16-14-11-6-2-4-8-13(11)20(18,19)17-14/h1-8H,(H,16,17). The maximum atomic E-state index is 11.9. The molecule has 0 amide bonds. The van der Waals surface area contributed by atoms with Gasteiger partial charge in [-0.25, -0.2) is 0 Å². The molecule has 1 heterocycles. The number of sulfonamides is 1. The van der Waals surface area contributed by atoms with Crippen LogP contribution in [0, 0.1) is 11.3 Å². The molecule has 0 saturated carbocycles. The van der Waals surface area contributed by atoms with E-state index in [1.807, 2.05) is 6.07 Å². The summed E-state index contributed by atoms with van der Waals surface area (Å²) in [4.78, 5) is 0.178. The Morgan fingerprint density at radius 3 is 2.55 bits per heavy atom. The van der Waals surface area contributed by atoms with Gasteiger partial charge in [0.2, 0.25) is 0 Å². The van der Waals surface area contributed by atoms with Gasteiger partial charge in [0.15, 0.2) is 5.84 Å². The lowest BCUT2D eigenvalue weighted by atomic mass is 10.1. The molecule has 0 saturated heterocycles. The Bertz CT molecular complexity index is 864. The van der Waals surface area contributed by atoms with Crippen LogP contribution in [0.5, 0.6) is 0 Å². The minimum absolute atomic E-state index is 0.178. The third-order valence-electron chi connectivity index (χ3n) is 2.93. The van der Waals surface area contributed by atoms with Crippen molar-refractivity contribution in [3.63, 3.8) is 0 Å². The van der Waals surface area contributed by atoms with Crippen LogP contribution in [0.1, 0.15) is 11.1 Å². The molecule has 0 spiro atoms. The Morgan fingerprint density at radius 1 is 1.05 bits per heavy atom. The summed E-state index contributed by atoms with van der Waals surface area (Å²) in [6.07, 6.45) is 0. The van der Waals surface area contributed by atoms with Crippen LogP contribution >= 0.6 is 0 Å². The van der Waals surface area contributed by atoms with E-state index in [9.17, 15) is 8.42 Å². The highest BCUT2D eigenvalue weighted by Gasteiger charge is 2.28. The first-order valence-corrected chi connectivity index (χ1v) is 7.26. The molecule has 0 aromatic heterocycles. The number of hydrogen-bond acceptors (Lipinski definition) is 4. The van der Waals surface area contributed by atoms with Crippen molar-refractivity contribution < 1.29 is 8.42 Å². The normalized spacial score (nSPS) is 15.1. The smallest absolute Gasteiger partial charge is 0.285 e. The number of rotatable bonds is 1. The topological polar surface area (TPSA) is 82.3 Å². The first-order chi connectivity index (χ1) is 9.62. The highest BCUT2D eigenvalue weighted by molar-refractivity contribution is 7.90. The van der Waals surface area contributed by atoms with Crippen molar-refractivity contribution in [2.75, 3.05) is 5.32 Å². The molecule has 20 heavy (non-hydrogen) atoms. The van der Waals surface area contributed by atoms with Crippen LogP contribution in [0.2, 0.25) is 0 Å². The fourth-order valence-electron chi connectivity index (χ4n) is 2.01. The van der Waals surface area contributed by atoms with Gasteiger partial charge in [0.25, 0.3) is 10.0 Å². The van der Waals surface area contributed by atoms with Gasteiger partial charge in [-0.15, -0.1) is 4.40 Å². The van der Waals surface area contributed by atoms with Crippen LogP contribution in [0.4, 0.5) is 5.69 Å². The summed E-state index contributed by atoms with van der Waals surface area (Å²) in [7, 11) is -3.65. The zero-order valence-corrected chi connectivity index (χ0v) is 11.1. The number of amidine groups is 1. The van der Waals surface area contributed by atoms with Gasteiger partial charge in [0.1, 0.15) is 11.0 Å². The molecular weight excluding hydrogens is 274 g/mol. The molecule has 2 aromatic rings. The lowest BCUT2D eigenvalue weighted by molar-refractivity contribution is 0.599. The minimum atomic E-state index is -3.65. The third-order valence-corrected chi connectivity index (χ3v) is 4.27. The van der Waals surface area contributed by atoms with E-state index in [0.717, 1.165) is 0 Å². The van der Waals surface area contributed by atoms with E-state index in [1.165, 1.54) is 6.07 Å². The molecule has 0 unspecified atom stereocenters. The lowest BCUT2D eigenvalue weighted by Gasteiger charge is -2.07. The van der Waals surface area contributed by atoms with Crippen LogP contribution in [0.3, 0.4) is 0 Å². The largest absolute Gasteiger partial charge is 0.338 e. The second-order valence-corrected chi connectivity index (χ2v) is 5.77. The average molecular weight is 283 g/mol. The van der Waals surface area contributed by atoms with Crippen molar-refractivity contribution in [3.8, 4) is 6.07 Å². The van der Waals surface area contributed by atoms with Crippen LogP contribution in [-0.4, -0.2) is 14.3 Å². The zero-order valence-electron chi connectivity index (χ0n) is 10.2. The monoisotopic (exact) mass is 283 g/mol. The molecule has 1 N–H and O–H groups in total. The van der Waals surface area contributed by atoms with Gasteiger partial charge >= 0.3 is 0 Å². The molecule has 98 valence electrons. The number of hydrogen-bond donors (Lipinski definition) is 1. The second-order valence-electron chi connectivity index (χ2n) is 4.19. The van der Waals surface area contributed by atoms with E-state index in [0.29, 0.717) is 16.8 Å². The maximum absolute atomic E-state index is 11.9. The molecule has 1 aliphatic heterocycles. The summed E-state index contributed by atoms with van der Waals surface area (Å²) in [6, 6.07) is 15.5. The van der Waals surface area contributed by atoms with E-state index >= 15 is 0 Å². The fourth-order valence-corrected chi connectivity index (χ4v) is 3.19. The summed E-state index contributed by atoms with van der Waals surface area (Å²) in [5, 5.41) is 12.0. The average Bonchev–Trinajstić information content (AvgIpc) is 2.71. The van der Waals surface area contributed by atoms with Gasteiger partial charge in [0.05, 0.1) is 11.3 Å². The second kappa shape index (κ2) is 4.47. The van der Waals surface area contributed by atoms with Crippen molar-refractivity contribution in [3.05, 3.63) is 59.7 Å². The quantitative estimate of drug-likeness (QED) is 0.869. The molecule has 0 aliphatic carbocycles. The summed E-state index contributed by atoms with van der Waals surface area (Å²) in [5.41, 5.74) is 1.47. The summed E-state index contributed by atoms with van der Waals surface area (Å²) in [6.45, 7) is 0. The van der Waals surface area contributed by atoms with Crippen LogP contribution in [0.25, 0.3) is 0 Å². The number of nitriles is 1. The number of para-hydroxylation sites is 1. The van der Waals surface area contributed by atoms with Gasteiger partial charge in [-0.2, -0.15) is 13.7 Å². The Morgan fingerprint density at radius 2 is 1.75 bits per heavy atom.